The third-order valence-electron chi connectivity index (χ3n) is 2.54. The van der Waals surface area contributed by atoms with E-state index in [1.807, 2.05) is 42.6 Å². The summed E-state index contributed by atoms with van der Waals surface area (Å²) in [5, 5.41) is 3.05. The molecular formula is C12H12N2O2S. The Morgan fingerprint density at radius 2 is 2.06 bits per heavy atom. The summed E-state index contributed by atoms with van der Waals surface area (Å²) in [6, 6.07) is 5.89. The van der Waals surface area contributed by atoms with Crippen LogP contribution in [0.1, 0.15) is 0 Å². The fourth-order valence-electron chi connectivity index (χ4n) is 1.66. The number of nitrogens with zero attached hydrogens (tertiary/aromatic N) is 2. The molecule has 1 aliphatic heterocycles. The average molecular weight is 248 g/mol. The minimum Gasteiger partial charge on any atom is -0.454 e. The summed E-state index contributed by atoms with van der Waals surface area (Å²) in [7, 11) is 3.98. The van der Waals surface area contributed by atoms with Crippen molar-refractivity contribution in [3.8, 4) is 22.8 Å². The first-order valence-corrected chi connectivity index (χ1v) is 6.15. The standard InChI is InChI=1S/C12H12N2O2S/c1-14(2)12-13-9(6-17-12)8-3-4-10-11(5-8)16-7-15-10/h3-6H,7H2,1-2H3. The van der Waals surface area contributed by atoms with Gasteiger partial charge in [-0.05, 0) is 18.2 Å². The smallest absolute Gasteiger partial charge is 0.231 e. The minimum atomic E-state index is 0.304. The molecular weight excluding hydrogens is 236 g/mol. The summed E-state index contributed by atoms with van der Waals surface area (Å²) in [6.45, 7) is 0.304. The third kappa shape index (κ3) is 1.82. The van der Waals surface area contributed by atoms with Crippen molar-refractivity contribution >= 4 is 16.5 Å². The van der Waals surface area contributed by atoms with Gasteiger partial charge in [0.2, 0.25) is 6.79 Å². The second-order valence-electron chi connectivity index (χ2n) is 3.98. The van der Waals surface area contributed by atoms with Crippen LogP contribution in [0.25, 0.3) is 11.3 Å². The van der Waals surface area contributed by atoms with Crippen LogP contribution in [-0.2, 0) is 0 Å². The molecule has 4 nitrogen and oxygen atoms in total. The monoisotopic (exact) mass is 248 g/mol. The number of fused-ring (bicyclic) bond motifs is 1. The molecule has 0 amide bonds. The fourth-order valence-corrected chi connectivity index (χ4v) is 2.43. The maximum Gasteiger partial charge on any atom is 0.231 e. The molecule has 0 fully saturated rings. The van der Waals surface area contributed by atoms with Gasteiger partial charge in [0.25, 0.3) is 0 Å². The first kappa shape index (κ1) is 10.4. The van der Waals surface area contributed by atoms with E-state index in [9.17, 15) is 0 Å². The lowest BCUT2D eigenvalue weighted by molar-refractivity contribution is 0.174. The Morgan fingerprint density at radius 3 is 2.82 bits per heavy atom. The molecule has 0 saturated carbocycles. The number of ether oxygens (including phenoxy) is 2. The lowest BCUT2D eigenvalue weighted by atomic mass is 10.1. The zero-order chi connectivity index (χ0) is 11.8. The molecule has 0 atom stereocenters. The Kier molecular flexibility index (Phi) is 2.40. The molecule has 0 unspecified atom stereocenters. The van der Waals surface area contributed by atoms with Crippen molar-refractivity contribution in [2.24, 2.45) is 0 Å². The van der Waals surface area contributed by atoms with Crippen molar-refractivity contribution in [3.05, 3.63) is 23.6 Å². The van der Waals surface area contributed by atoms with Crippen molar-refractivity contribution < 1.29 is 9.47 Å². The summed E-state index contributed by atoms with van der Waals surface area (Å²) < 4.78 is 10.6. The van der Waals surface area contributed by atoms with E-state index in [1.54, 1.807) is 11.3 Å². The molecule has 1 aliphatic rings. The van der Waals surface area contributed by atoms with Crippen molar-refractivity contribution in [3.63, 3.8) is 0 Å². The molecule has 17 heavy (non-hydrogen) atoms. The Labute approximate surface area is 103 Å². The van der Waals surface area contributed by atoms with E-state index < -0.39 is 0 Å². The zero-order valence-corrected chi connectivity index (χ0v) is 10.5. The Bertz CT molecular complexity index is 551. The normalized spacial score (nSPS) is 12.8. The molecule has 0 bridgehead atoms. The zero-order valence-electron chi connectivity index (χ0n) is 9.64. The molecule has 1 aromatic carbocycles. The van der Waals surface area contributed by atoms with E-state index in [1.165, 1.54) is 0 Å². The van der Waals surface area contributed by atoms with Gasteiger partial charge in [-0.25, -0.2) is 4.98 Å². The number of anilines is 1. The average Bonchev–Trinajstić information content (AvgIpc) is 2.97. The maximum absolute atomic E-state index is 5.36. The molecule has 0 aliphatic carbocycles. The van der Waals surface area contributed by atoms with Gasteiger partial charge in [0.05, 0.1) is 5.69 Å². The summed E-state index contributed by atoms with van der Waals surface area (Å²) in [4.78, 5) is 6.55. The van der Waals surface area contributed by atoms with Gasteiger partial charge in [-0.1, -0.05) is 0 Å². The number of benzene rings is 1. The summed E-state index contributed by atoms with van der Waals surface area (Å²) in [6.07, 6.45) is 0. The summed E-state index contributed by atoms with van der Waals surface area (Å²) >= 11 is 1.63. The van der Waals surface area contributed by atoms with Crippen molar-refractivity contribution in [2.75, 3.05) is 25.8 Å². The van der Waals surface area contributed by atoms with Crippen LogP contribution in [0.5, 0.6) is 11.5 Å². The lowest BCUT2D eigenvalue weighted by Gasteiger charge is -2.05. The Balaban J connectivity index is 1.97. The van der Waals surface area contributed by atoms with Gasteiger partial charge in [0, 0.05) is 25.0 Å². The van der Waals surface area contributed by atoms with Crippen LogP contribution >= 0.6 is 11.3 Å². The molecule has 2 heterocycles. The number of rotatable bonds is 2. The third-order valence-corrected chi connectivity index (χ3v) is 3.55. The van der Waals surface area contributed by atoms with E-state index >= 15 is 0 Å². The van der Waals surface area contributed by atoms with Crippen LogP contribution in [0.15, 0.2) is 23.6 Å². The van der Waals surface area contributed by atoms with Gasteiger partial charge >= 0.3 is 0 Å². The quantitative estimate of drug-likeness (QED) is 0.818. The SMILES string of the molecule is CN(C)c1nc(-c2ccc3c(c2)OCO3)cs1. The van der Waals surface area contributed by atoms with Gasteiger partial charge in [-0.3, -0.25) is 0 Å². The highest BCUT2D eigenvalue weighted by Crippen LogP contribution is 2.36. The second kappa shape index (κ2) is 3.92. The fraction of sp³-hybridized carbons (Fsp3) is 0.250. The minimum absolute atomic E-state index is 0.304. The highest BCUT2D eigenvalue weighted by molar-refractivity contribution is 7.14. The van der Waals surface area contributed by atoms with Gasteiger partial charge in [-0.15, -0.1) is 11.3 Å². The second-order valence-corrected chi connectivity index (χ2v) is 4.81. The highest BCUT2D eigenvalue weighted by atomic mass is 32.1. The van der Waals surface area contributed by atoms with Crippen molar-refractivity contribution in [1.82, 2.24) is 4.98 Å². The number of hydrogen-bond donors (Lipinski definition) is 0. The predicted octanol–water partition coefficient (Wildman–Crippen LogP) is 2.60. The van der Waals surface area contributed by atoms with Gasteiger partial charge in [0.15, 0.2) is 16.6 Å². The molecule has 1 aromatic heterocycles. The number of hydrogen-bond acceptors (Lipinski definition) is 5. The molecule has 0 saturated heterocycles. The lowest BCUT2D eigenvalue weighted by Crippen LogP contribution is -2.07. The summed E-state index contributed by atoms with van der Waals surface area (Å²) in [5.41, 5.74) is 2.02. The van der Waals surface area contributed by atoms with Crippen LogP contribution in [0.4, 0.5) is 5.13 Å². The maximum atomic E-state index is 5.36. The highest BCUT2D eigenvalue weighted by Gasteiger charge is 2.15. The molecule has 0 spiro atoms. The van der Waals surface area contributed by atoms with Gasteiger partial charge < -0.3 is 14.4 Å². The Morgan fingerprint density at radius 1 is 1.24 bits per heavy atom. The molecule has 2 aromatic rings. The topological polar surface area (TPSA) is 34.6 Å². The van der Waals surface area contributed by atoms with E-state index in [-0.39, 0.29) is 0 Å². The molecule has 3 rings (SSSR count). The summed E-state index contributed by atoms with van der Waals surface area (Å²) in [5.74, 6) is 1.60. The van der Waals surface area contributed by atoms with Crippen LogP contribution < -0.4 is 14.4 Å². The van der Waals surface area contributed by atoms with Crippen LogP contribution in [0.2, 0.25) is 0 Å². The van der Waals surface area contributed by atoms with Crippen LogP contribution in [0.3, 0.4) is 0 Å². The van der Waals surface area contributed by atoms with Crippen molar-refractivity contribution in [2.45, 2.75) is 0 Å². The molecule has 88 valence electrons. The van der Waals surface area contributed by atoms with Gasteiger partial charge in [-0.2, -0.15) is 0 Å². The first-order valence-electron chi connectivity index (χ1n) is 5.27. The van der Waals surface area contributed by atoms with E-state index in [0.29, 0.717) is 6.79 Å². The van der Waals surface area contributed by atoms with E-state index in [4.69, 9.17) is 9.47 Å². The largest absolute Gasteiger partial charge is 0.454 e. The molecule has 5 heteroatoms. The number of thiazole rings is 1. The Hall–Kier alpha value is -1.75. The van der Waals surface area contributed by atoms with E-state index in [0.717, 1.165) is 27.9 Å². The number of aromatic nitrogens is 1. The first-order chi connectivity index (χ1) is 8.24. The van der Waals surface area contributed by atoms with Crippen LogP contribution in [-0.4, -0.2) is 25.9 Å². The van der Waals surface area contributed by atoms with Gasteiger partial charge in [0.1, 0.15) is 0 Å². The van der Waals surface area contributed by atoms with E-state index in [2.05, 4.69) is 4.98 Å². The predicted molar refractivity (Wildman–Crippen MR) is 68.0 cm³/mol. The van der Waals surface area contributed by atoms with Crippen molar-refractivity contribution in [1.29, 1.82) is 0 Å². The molecule has 0 N–H and O–H groups in total. The molecule has 0 radical (unpaired) electrons. The van der Waals surface area contributed by atoms with Crippen LogP contribution in [0, 0.1) is 0 Å².